The highest BCUT2D eigenvalue weighted by Crippen LogP contribution is 2.30. The molecule has 8 nitrogen and oxygen atoms in total. The Morgan fingerprint density at radius 1 is 1.00 bits per heavy atom. The van der Waals surface area contributed by atoms with Crippen LogP contribution in [0, 0.1) is 5.82 Å². The topological polar surface area (TPSA) is 88.2 Å². The van der Waals surface area contributed by atoms with Crippen LogP contribution in [0.25, 0.3) is 0 Å². The first-order chi connectivity index (χ1) is 19.3. The minimum atomic E-state index is -0.969. The number of hydrogen-bond acceptors (Lipinski definition) is 6. The molecular weight excluding hydrogens is 533 g/mol. The second-order valence-electron chi connectivity index (χ2n) is 9.08. The van der Waals surface area contributed by atoms with Crippen molar-refractivity contribution in [3.8, 4) is 5.75 Å². The van der Waals surface area contributed by atoms with Gasteiger partial charge in [-0.3, -0.25) is 14.5 Å². The summed E-state index contributed by atoms with van der Waals surface area (Å²) in [6, 6.07) is 18.5. The molecule has 208 valence electrons. The number of ether oxygens (including phenoxy) is 2. The fourth-order valence-electron chi connectivity index (χ4n) is 4.26. The Labute approximate surface area is 237 Å². The Balaban J connectivity index is 1.55. The Bertz CT molecular complexity index is 1380. The number of thiocarbonyl (C=S) groups is 1. The van der Waals surface area contributed by atoms with E-state index in [9.17, 15) is 18.8 Å². The minimum absolute atomic E-state index is 0.00390. The number of nitrogens with one attached hydrogen (secondary N) is 1. The maximum atomic E-state index is 14.6. The van der Waals surface area contributed by atoms with Crippen LogP contribution >= 0.6 is 12.2 Å². The van der Waals surface area contributed by atoms with Crippen LogP contribution in [0.2, 0.25) is 0 Å². The zero-order chi connectivity index (χ0) is 28.6. The summed E-state index contributed by atoms with van der Waals surface area (Å²) in [7, 11) is 0. The molecule has 4 rings (SSSR count). The Morgan fingerprint density at radius 2 is 1.70 bits per heavy atom. The van der Waals surface area contributed by atoms with Gasteiger partial charge in [-0.05, 0) is 80.2 Å². The minimum Gasteiger partial charge on any atom is -0.494 e. The average molecular weight is 564 g/mol. The van der Waals surface area contributed by atoms with E-state index in [1.165, 1.54) is 11.0 Å². The van der Waals surface area contributed by atoms with Crippen LogP contribution in [0.5, 0.6) is 5.75 Å². The maximum absolute atomic E-state index is 14.6. The van der Waals surface area contributed by atoms with Crippen molar-refractivity contribution in [2.24, 2.45) is 0 Å². The van der Waals surface area contributed by atoms with Gasteiger partial charge in [0, 0.05) is 17.8 Å². The summed E-state index contributed by atoms with van der Waals surface area (Å²) in [5.41, 5.74) is 1.64. The zero-order valence-corrected chi connectivity index (χ0v) is 23.1. The molecule has 0 bridgehead atoms. The van der Waals surface area contributed by atoms with Crippen LogP contribution in [-0.4, -0.2) is 47.1 Å². The zero-order valence-electron chi connectivity index (χ0n) is 22.3. The van der Waals surface area contributed by atoms with Gasteiger partial charge < -0.3 is 19.7 Å². The number of hydrogen-bond donors (Lipinski definition) is 1. The number of esters is 1. The molecule has 0 unspecified atom stereocenters. The van der Waals surface area contributed by atoms with E-state index in [4.69, 9.17) is 21.7 Å². The number of amides is 2. The molecule has 1 aliphatic rings. The highest BCUT2D eigenvalue weighted by Gasteiger charge is 2.44. The molecule has 0 saturated carbocycles. The van der Waals surface area contributed by atoms with Crippen LogP contribution in [0.1, 0.15) is 42.6 Å². The number of rotatable bonds is 11. The van der Waals surface area contributed by atoms with E-state index in [2.05, 4.69) is 5.32 Å². The monoisotopic (exact) mass is 563 g/mol. The second-order valence-corrected chi connectivity index (χ2v) is 9.45. The van der Waals surface area contributed by atoms with E-state index < -0.39 is 29.6 Å². The number of benzene rings is 3. The van der Waals surface area contributed by atoms with Crippen molar-refractivity contribution in [2.75, 3.05) is 23.4 Å². The predicted molar refractivity (Wildman–Crippen MR) is 154 cm³/mol. The summed E-state index contributed by atoms with van der Waals surface area (Å²) in [5, 5.41) is 2.94. The van der Waals surface area contributed by atoms with Crippen molar-refractivity contribution in [1.82, 2.24) is 4.90 Å². The van der Waals surface area contributed by atoms with E-state index in [1.807, 2.05) is 6.92 Å². The van der Waals surface area contributed by atoms with Gasteiger partial charge in [0.1, 0.15) is 17.6 Å². The van der Waals surface area contributed by atoms with E-state index in [0.29, 0.717) is 34.9 Å². The summed E-state index contributed by atoms with van der Waals surface area (Å²) in [5.74, 6) is -1.06. The third-order valence-corrected chi connectivity index (χ3v) is 6.66. The van der Waals surface area contributed by atoms with Crippen molar-refractivity contribution < 1.29 is 28.2 Å². The molecule has 0 radical (unpaired) electrons. The van der Waals surface area contributed by atoms with E-state index in [1.54, 1.807) is 78.6 Å². The quantitative estimate of drug-likeness (QED) is 0.250. The highest BCUT2D eigenvalue weighted by atomic mass is 32.1. The van der Waals surface area contributed by atoms with Gasteiger partial charge in [-0.15, -0.1) is 0 Å². The lowest BCUT2D eigenvalue weighted by Crippen LogP contribution is -2.37. The fraction of sp³-hybridized carbons (Fsp3) is 0.267. The smallest absolute Gasteiger partial charge is 0.338 e. The van der Waals surface area contributed by atoms with Gasteiger partial charge in [-0.25, -0.2) is 9.18 Å². The highest BCUT2D eigenvalue weighted by molar-refractivity contribution is 7.80. The standard InChI is InChI=1S/C30H30FN3O5S/c1-3-17-39-24-15-11-22(12-16-24)32-27(35)18-26-28(36)34(23-13-9-20(10-14-23)29(37)38-4-2)30(40)33(26)19-21-7-5-6-8-25(21)31/h5-16,26H,3-4,17-19H2,1-2H3,(H,32,35)/t26-/m0/s1. The van der Waals surface area contributed by atoms with Gasteiger partial charge in [-0.1, -0.05) is 25.1 Å². The molecule has 0 aliphatic carbocycles. The predicted octanol–water partition coefficient (Wildman–Crippen LogP) is 5.32. The molecule has 1 fully saturated rings. The van der Waals surface area contributed by atoms with Crippen LogP contribution in [0.3, 0.4) is 0 Å². The Hall–Kier alpha value is -4.31. The van der Waals surface area contributed by atoms with Gasteiger partial charge in [0.2, 0.25) is 5.91 Å². The number of halogens is 1. The number of nitrogens with zero attached hydrogens (tertiary/aromatic N) is 2. The molecule has 2 amide bonds. The number of anilines is 2. The first-order valence-corrected chi connectivity index (χ1v) is 13.4. The van der Waals surface area contributed by atoms with Crippen LogP contribution < -0.4 is 15.0 Å². The maximum Gasteiger partial charge on any atom is 0.338 e. The Morgan fingerprint density at radius 3 is 2.35 bits per heavy atom. The summed E-state index contributed by atoms with van der Waals surface area (Å²) < 4.78 is 25.2. The first kappa shape index (κ1) is 28.7. The number of carbonyl (C=O) groups excluding carboxylic acids is 3. The molecule has 40 heavy (non-hydrogen) atoms. The van der Waals surface area contributed by atoms with Gasteiger partial charge in [-0.2, -0.15) is 0 Å². The van der Waals surface area contributed by atoms with E-state index in [0.717, 1.165) is 6.42 Å². The lowest BCUT2D eigenvalue weighted by Gasteiger charge is -2.24. The summed E-state index contributed by atoms with van der Waals surface area (Å²) in [4.78, 5) is 41.6. The summed E-state index contributed by atoms with van der Waals surface area (Å²) in [6.45, 7) is 4.55. The van der Waals surface area contributed by atoms with Gasteiger partial charge in [0.15, 0.2) is 5.11 Å². The van der Waals surface area contributed by atoms with Crippen molar-refractivity contribution in [3.63, 3.8) is 0 Å². The number of carbonyl (C=O) groups is 3. The van der Waals surface area contributed by atoms with Crippen molar-refractivity contribution >= 4 is 46.5 Å². The van der Waals surface area contributed by atoms with Gasteiger partial charge in [0.05, 0.1) is 30.9 Å². The van der Waals surface area contributed by atoms with E-state index in [-0.39, 0.29) is 24.7 Å². The summed E-state index contributed by atoms with van der Waals surface area (Å²) in [6.07, 6.45) is 0.671. The normalized spacial score (nSPS) is 14.8. The molecule has 3 aromatic carbocycles. The van der Waals surface area contributed by atoms with Crippen molar-refractivity contribution in [2.45, 2.75) is 39.3 Å². The van der Waals surface area contributed by atoms with Gasteiger partial charge in [0.25, 0.3) is 5.91 Å². The molecule has 1 N–H and O–H groups in total. The third-order valence-electron chi connectivity index (χ3n) is 6.24. The molecular formula is C30H30FN3O5S. The molecule has 1 atom stereocenters. The van der Waals surface area contributed by atoms with Crippen molar-refractivity contribution in [3.05, 3.63) is 89.7 Å². The van der Waals surface area contributed by atoms with Gasteiger partial charge >= 0.3 is 5.97 Å². The third kappa shape index (κ3) is 6.63. The molecule has 1 saturated heterocycles. The molecule has 0 spiro atoms. The molecule has 3 aromatic rings. The lowest BCUT2D eigenvalue weighted by molar-refractivity contribution is -0.124. The SMILES string of the molecule is CCCOc1ccc(NC(=O)C[C@H]2C(=O)N(c3ccc(C(=O)OCC)cc3)C(=S)N2Cc2ccccc2F)cc1. The fourth-order valence-corrected chi connectivity index (χ4v) is 4.65. The van der Waals surface area contributed by atoms with Crippen molar-refractivity contribution in [1.29, 1.82) is 0 Å². The van der Waals surface area contributed by atoms with Crippen LogP contribution in [-0.2, 0) is 20.9 Å². The first-order valence-electron chi connectivity index (χ1n) is 13.0. The van der Waals surface area contributed by atoms with Crippen LogP contribution in [0.4, 0.5) is 15.8 Å². The molecule has 1 heterocycles. The largest absolute Gasteiger partial charge is 0.494 e. The lowest BCUT2D eigenvalue weighted by atomic mass is 10.1. The van der Waals surface area contributed by atoms with E-state index >= 15 is 0 Å². The second kappa shape index (κ2) is 13.2. The molecule has 10 heteroatoms. The Kier molecular flexibility index (Phi) is 9.44. The average Bonchev–Trinajstić information content (AvgIpc) is 3.17. The summed E-state index contributed by atoms with van der Waals surface area (Å²) >= 11 is 5.67. The van der Waals surface area contributed by atoms with Crippen LogP contribution in [0.15, 0.2) is 72.8 Å². The molecule has 0 aromatic heterocycles. The molecule has 1 aliphatic heterocycles.